The molecule has 0 radical (unpaired) electrons. The normalized spacial score (nSPS) is 13.8. The van der Waals surface area contributed by atoms with E-state index >= 15 is 0 Å². The standard InChI is InChI=1S/C22H28N4O3S/c1-15-12-19(16(2)25(15)9-5-10-28-3)20(27)14-30-22-24-23-21(17-7-8-17)26(22)13-18-6-4-11-29-18/h4,6,11-12,17H,5,7-10,13-14H2,1-3H3. The summed E-state index contributed by atoms with van der Waals surface area (Å²) in [5, 5.41) is 9.57. The van der Waals surface area contributed by atoms with Crippen LogP contribution in [0.5, 0.6) is 0 Å². The Morgan fingerprint density at radius 1 is 1.30 bits per heavy atom. The first-order chi connectivity index (χ1) is 14.6. The van der Waals surface area contributed by atoms with Gasteiger partial charge in [-0.15, -0.1) is 10.2 Å². The summed E-state index contributed by atoms with van der Waals surface area (Å²) < 4.78 is 15.0. The minimum absolute atomic E-state index is 0.117. The quantitative estimate of drug-likeness (QED) is 0.258. The van der Waals surface area contributed by atoms with E-state index in [1.54, 1.807) is 13.4 Å². The van der Waals surface area contributed by atoms with Crippen molar-refractivity contribution in [2.24, 2.45) is 0 Å². The summed E-state index contributed by atoms with van der Waals surface area (Å²) in [6.45, 7) is 6.23. The zero-order chi connectivity index (χ0) is 21.1. The van der Waals surface area contributed by atoms with Crippen LogP contribution in [-0.4, -0.2) is 44.6 Å². The average Bonchev–Trinajstić information content (AvgIpc) is 3.17. The van der Waals surface area contributed by atoms with Crippen LogP contribution in [0.2, 0.25) is 0 Å². The van der Waals surface area contributed by atoms with E-state index in [4.69, 9.17) is 9.15 Å². The molecule has 0 amide bonds. The van der Waals surface area contributed by atoms with Crippen molar-refractivity contribution in [3.8, 4) is 0 Å². The number of methoxy groups -OCH3 is 1. The fraction of sp³-hybridized carbons (Fsp3) is 0.500. The summed E-state index contributed by atoms with van der Waals surface area (Å²) in [6.07, 6.45) is 4.90. The molecule has 30 heavy (non-hydrogen) atoms. The molecule has 1 aliphatic carbocycles. The monoisotopic (exact) mass is 428 g/mol. The molecule has 1 fully saturated rings. The molecule has 0 aromatic carbocycles. The average molecular weight is 429 g/mol. The van der Waals surface area contributed by atoms with E-state index in [0.717, 1.165) is 59.5 Å². The molecule has 0 aliphatic heterocycles. The van der Waals surface area contributed by atoms with Crippen LogP contribution < -0.4 is 0 Å². The number of thioether (sulfide) groups is 1. The molecule has 8 heteroatoms. The number of carbonyl (C=O) groups is 1. The van der Waals surface area contributed by atoms with E-state index in [-0.39, 0.29) is 5.78 Å². The Morgan fingerprint density at radius 2 is 2.13 bits per heavy atom. The summed E-state index contributed by atoms with van der Waals surface area (Å²) in [4.78, 5) is 13.0. The molecule has 1 saturated carbocycles. The molecule has 0 atom stereocenters. The van der Waals surface area contributed by atoms with Crippen molar-refractivity contribution in [3.05, 3.63) is 53.0 Å². The lowest BCUT2D eigenvalue weighted by atomic mass is 10.2. The highest BCUT2D eigenvalue weighted by atomic mass is 32.2. The van der Waals surface area contributed by atoms with E-state index in [1.807, 2.05) is 32.0 Å². The van der Waals surface area contributed by atoms with Gasteiger partial charge >= 0.3 is 0 Å². The van der Waals surface area contributed by atoms with Crippen molar-refractivity contribution in [3.63, 3.8) is 0 Å². The van der Waals surface area contributed by atoms with Gasteiger partial charge in [-0.2, -0.15) is 0 Å². The van der Waals surface area contributed by atoms with Crippen molar-refractivity contribution in [2.75, 3.05) is 19.5 Å². The minimum Gasteiger partial charge on any atom is -0.467 e. The third-order valence-electron chi connectivity index (χ3n) is 5.52. The predicted molar refractivity (Wildman–Crippen MR) is 115 cm³/mol. The van der Waals surface area contributed by atoms with Gasteiger partial charge in [-0.05, 0) is 51.3 Å². The van der Waals surface area contributed by atoms with Crippen molar-refractivity contribution < 1.29 is 13.9 Å². The Morgan fingerprint density at radius 3 is 2.83 bits per heavy atom. The Kier molecular flexibility index (Phi) is 6.43. The third-order valence-corrected chi connectivity index (χ3v) is 6.49. The summed E-state index contributed by atoms with van der Waals surface area (Å²) in [6, 6.07) is 5.83. The Labute approximate surface area is 180 Å². The minimum atomic E-state index is 0.117. The van der Waals surface area contributed by atoms with Gasteiger partial charge < -0.3 is 13.7 Å². The number of furan rings is 1. The van der Waals surface area contributed by atoms with Gasteiger partial charge in [-0.3, -0.25) is 9.36 Å². The maximum absolute atomic E-state index is 13.0. The van der Waals surface area contributed by atoms with Gasteiger partial charge in [0.05, 0.1) is 18.6 Å². The van der Waals surface area contributed by atoms with Gasteiger partial charge in [0.25, 0.3) is 0 Å². The number of ether oxygens (including phenoxy) is 1. The molecule has 0 bridgehead atoms. The van der Waals surface area contributed by atoms with Crippen molar-refractivity contribution >= 4 is 17.5 Å². The van der Waals surface area contributed by atoms with E-state index in [0.29, 0.717) is 24.8 Å². The second-order valence-electron chi connectivity index (χ2n) is 7.78. The number of ketones is 1. The molecule has 4 rings (SSSR count). The maximum Gasteiger partial charge on any atom is 0.192 e. The Balaban J connectivity index is 1.46. The van der Waals surface area contributed by atoms with Gasteiger partial charge in [-0.25, -0.2) is 0 Å². The van der Waals surface area contributed by atoms with Crippen LogP contribution in [0.15, 0.2) is 34.0 Å². The number of carbonyl (C=O) groups excluding carboxylic acids is 1. The molecule has 1 aliphatic rings. The molecule has 0 N–H and O–H groups in total. The first-order valence-electron chi connectivity index (χ1n) is 10.4. The van der Waals surface area contributed by atoms with Crippen LogP contribution in [0.4, 0.5) is 0 Å². The molecule has 0 unspecified atom stereocenters. The van der Waals surface area contributed by atoms with E-state index < -0.39 is 0 Å². The molecule has 7 nitrogen and oxygen atoms in total. The van der Waals surface area contributed by atoms with Gasteiger partial charge in [0.15, 0.2) is 10.9 Å². The highest BCUT2D eigenvalue weighted by molar-refractivity contribution is 7.99. The van der Waals surface area contributed by atoms with Gasteiger partial charge in [-0.1, -0.05) is 11.8 Å². The van der Waals surface area contributed by atoms with Crippen LogP contribution in [0, 0.1) is 13.8 Å². The summed E-state index contributed by atoms with van der Waals surface area (Å²) in [5.74, 6) is 2.79. The van der Waals surface area contributed by atoms with Crippen LogP contribution >= 0.6 is 11.8 Å². The molecule has 160 valence electrons. The summed E-state index contributed by atoms with van der Waals surface area (Å²) >= 11 is 1.45. The topological polar surface area (TPSA) is 75.1 Å². The van der Waals surface area contributed by atoms with Crippen LogP contribution in [0.25, 0.3) is 0 Å². The number of rotatable bonds is 11. The summed E-state index contributed by atoms with van der Waals surface area (Å²) in [7, 11) is 1.71. The maximum atomic E-state index is 13.0. The van der Waals surface area contributed by atoms with E-state index in [9.17, 15) is 4.79 Å². The van der Waals surface area contributed by atoms with Crippen molar-refractivity contribution in [1.29, 1.82) is 0 Å². The van der Waals surface area contributed by atoms with E-state index in [1.165, 1.54) is 11.8 Å². The van der Waals surface area contributed by atoms with Crippen molar-refractivity contribution in [1.82, 2.24) is 19.3 Å². The number of hydrogen-bond acceptors (Lipinski definition) is 6. The Bertz CT molecular complexity index is 1000. The zero-order valence-corrected chi connectivity index (χ0v) is 18.6. The second kappa shape index (κ2) is 9.22. The highest BCUT2D eigenvalue weighted by Gasteiger charge is 2.31. The molecule has 3 aromatic heterocycles. The van der Waals surface area contributed by atoms with Gasteiger partial charge in [0.1, 0.15) is 11.6 Å². The molecule has 3 heterocycles. The van der Waals surface area contributed by atoms with Crippen LogP contribution in [-0.2, 0) is 17.8 Å². The first kappa shape index (κ1) is 20.9. The lowest BCUT2D eigenvalue weighted by Crippen LogP contribution is -2.09. The fourth-order valence-electron chi connectivity index (χ4n) is 3.76. The van der Waals surface area contributed by atoms with Gasteiger partial charge in [0, 0.05) is 43.1 Å². The summed E-state index contributed by atoms with van der Waals surface area (Å²) in [5.41, 5.74) is 2.91. The molecular weight excluding hydrogens is 400 g/mol. The predicted octanol–water partition coefficient (Wildman–Crippen LogP) is 4.23. The Hall–Kier alpha value is -2.32. The SMILES string of the molecule is COCCCn1c(C)cc(C(=O)CSc2nnc(C3CC3)n2Cc2ccco2)c1C. The molecule has 3 aromatic rings. The van der Waals surface area contributed by atoms with Gasteiger partial charge in [0.2, 0.25) is 0 Å². The zero-order valence-electron chi connectivity index (χ0n) is 17.8. The van der Waals surface area contributed by atoms with Crippen LogP contribution in [0.3, 0.4) is 0 Å². The molecule has 0 saturated heterocycles. The lowest BCUT2D eigenvalue weighted by molar-refractivity contribution is 0.102. The molecule has 0 spiro atoms. The lowest BCUT2D eigenvalue weighted by Gasteiger charge is -2.09. The number of nitrogens with zero attached hydrogens (tertiary/aromatic N) is 4. The number of Topliss-reactive ketones (excluding diaryl/α,β-unsaturated/α-hetero) is 1. The number of aryl methyl sites for hydroxylation is 1. The largest absolute Gasteiger partial charge is 0.467 e. The smallest absolute Gasteiger partial charge is 0.192 e. The third kappa shape index (κ3) is 4.54. The first-order valence-corrected chi connectivity index (χ1v) is 11.3. The number of hydrogen-bond donors (Lipinski definition) is 0. The second-order valence-corrected chi connectivity index (χ2v) is 8.72. The van der Waals surface area contributed by atoms with Crippen molar-refractivity contribution in [2.45, 2.75) is 57.3 Å². The molecular formula is C22H28N4O3S. The van der Waals surface area contributed by atoms with Crippen LogP contribution in [0.1, 0.15) is 58.5 Å². The number of aromatic nitrogens is 4. The van der Waals surface area contributed by atoms with E-state index in [2.05, 4.69) is 19.3 Å². The highest BCUT2D eigenvalue weighted by Crippen LogP contribution is 2.40. The fourth-order valence-corrected chi connectivity index (χ4v) is 4.59.